The predicted molar refractivity (Wildman–Crippen MR) is 185 cm³/mol. The summed E-state index contributed by atoms with van der Waals surface area (Å²) in [5.41, 5.74) is -0.129. The standard InChI is InChI=1S/C40H60N2O5/c1-9-10-11-12-32(44)47-30-16-18-37(6)28(36(30,4)5)15-19-39(8)29(37)14-13-26-27-25-35(2,3)20-22-40(27,23-21-38(26,39)7)33(45)42-24-17-31(43)41-34(42)46/h13,17,24,27-30H,9-12,14-16,18-23,25H2,1-8H3,(H,41,43,46)/t27-,28?,29?,30-,37-,38+,39+,40-/m0/s1. The summed E-state index contributed by atoms with van der Waals surface area (Å²) in [7, 11) is 0. The number of ether oxygens (including phenoxy) is 1. The number of nitrogens with zero attached hydrogens (tertiary/aromatic N) is 1. The second kappa shape index (κ2) is 11.6. The first-order valence-electron chi connectivity index (χ1n) is 18.7. The lowest BCUT2D eigenvalue weighted by Gasteiger charge is -2.71. The van der Waals surface area contributed by atoms with Gasteiger partial charge in [-0.05, 0) is 110 Å². The van der Waals surface area contributed by atoms with Gasteiger partial charge in [0.15, 0.2) is 0 Å². The molecule has 7 nitrogen and oxygen atoms in total. The molecule has 1 N–H and O–H groups in total. The number of aromatic nitrogens is 2. The Labute approximate surface area is 281 Å². The molecule has 4 saturated carbocycles. The van der Waals surface area contributed by atoms with Gasteiger partial charge in [0.1, 0.15) is 6.10 Å². The Morgan fingerprint density at radius 2 is 1.64 bits per heavy atom. The molecule has 8 atom stereocenters. The van der Waals surface area contributed by atoms with Gasteiger partial charge < -0.3 is 4.74 Å². The molecule has 5 aliphatic rings. The van der Waals surface area contributed by atoms with Gasteiger partial charge in [0.05, 0.1) is 5.41 Å². The van der Waals surface area contributed by atoms with Crippen molar-refractivity contribution in [1.82, 2.24) is 9.55 Å². The summed E-state index contributed by atoms with van der Waals surface area (Å²) in [6, 6.07) is 1.29. The number of nitrogens with one attached hydrogen (secondary N) is 1. The van der Waals surface area contributed by atoms with Crippen LogP contribution >= 0.6 is 0 Å². The summed E-state index contributed by atoms with van der Waals surface area (Å²) in [6.07, 6.45) is 17.1. The highest BCUT2D eigenvalue weighted by atomic mass is 16.5. The fourth-order valence-electron chi connectivity index (χ4n) is 12.4. The molecule has 1 heterocycles. The molecular weight excluding hydrogens is 588 g/mol. The van der Waals surface area contributed by atoms with Crippen LogP contribution < -0.4 is 11.2 Å². The number of allylic oxidation sites excluding steroid dienone is 2. The number of hydrogen-bond donors (Lipinski definition) is 1. The van der Waals surface area contributed by atoms with E-state index in [4.69, 9.17) is 4.74 Å². The van der Waals surface area contributed by atoms with Gasteiger partial charge in [0.2, 0.25) is 5.91 Å². The Morgan fingerprint density at radius 1 is 0.915 bits per heavy atom. The summed E-state index contributed by atoms with van der Waals surface area (Å²) in [4.78, 5) is 54.5. The molecule has 2 unspecified atom stereocenters. The van der Waals surface area contributed by atoms with Crippen LogP contribution in [0.2, 0.25) is 0 Å². The molecule has 0 saturated heterocycles. The van der Waals surface area contributed by atoms with Crippen molar-refractivity contribution in [2.75, 3.05) is 0 Å². The number of esters is 1. The van der Waals surface area contributed by atoms with Crippen molar-refractivity contribution in [2.24, 2.45) is 50.2 Å². The average Bonchev–Trinajstić information content (AvgIpc) is 2.98. The summed E-state index contributed by atoms with van der Waals surface area (Å²) in [6.45, 7) is 19.2. The first-order chi connectivity index (χ1) is 21.9. The number of unbranched alkanes of at least 4 members (excludes halogenated alkanes) is 2. The molecule has 0 aliphatic heterocycles. The SMILES string of the molecule is CCCCCC(=O)O[C@H]1CC[C@@]2(C)C(CC[C@]3(C)C2CC=C2[C@@H]4CC(C)(C)CC[C@]4(C(=O)n4ccc(=O)[nH]c4=O)CC[C@]23C)C1(C)C. The topological polar surface area (TPSA) is 98.2 Å². The second-order valence-electron chi connectivity index (χ2n) is 18.5. The number of carbonyl (C=O) groups is 2. The zero-order chi connectivity index (χ0) is 34.2. The monoisotopic (exact) mass is 648 g/mol. The molecule has 47 heavy (non-hydrogen) atoms. The molecular formula is C40H60N2O5. The molecule has 0 aromatic carbocycles. The van der Waals surface area contributed by atoms with Gasteiger partial charge in [-0.25, -0.2) is 9.36 Å². The lowest BCUT2D eigenvalue weighted by Crippen LogP contribution is -2.65. The van der Waals surface area contributed by atoms with Crippen molar-refractivity contribution >= 4 is 11.9 Å². The highest BCUT2D eigenvalue weighted by Gasteiger charge is 2.69. The minimum absolute atomic E-state index is 0.0294. The first kappa shape index (κ1) is 34.4. The fraction of sp³-hybridized carbons (Fsp3) is 0.800. The molecule has 6 rings (SSSR count). The molecule has 5 aliphatic carbocycles. The Kier molecular flexibility index (Phi) is 8.48. The van der Waals surface area contributed by atoms with Crippen LogP contribution in [0.25, 0.3) is 0 Å². The van der Waals surface area contributed by atoms with Crippen molar-refractivity contribution in [3.05, 3.63) is 44.8 Å². The van der Waals surface area contributed by atoms with Crippen molar-refractivity contribution in [3.8, 4) is 0 Å². The number of aromatic amines is 1. The molecule has 0 bridgehead atoms. The van der Waals surface area contributed by atoms with Gasteiger partial charge in [-0.15, -0.1) is 0 Å². The lowest BCUT2D eigenvalue weighted by atomic mass is 9.33. The maximum Gasteiger partial charge on any atom is 0.335 e. The molecule has 0 spiro atoms. The summed E-state index contributed by atoms with van der Waals surface area (Å²) in [5, 5.41) is 0. The maximum absolute atomic E-state index is 14.5. The molecule has 260 valence electrons. The Balaban J connectivity index is 1.34. The van der Waals surface area contributed by atoms with Crippen LogP contribution in [-0.2, 0) is 9.53 Å². The molecule has 1 aromatic heterocycles. The van der Waals surface area contributed by atoms with Crippen molar-refractivity contribution in [2.45, 2.75) is 151 Å². The van der Waals surface area contributed by atoms with E-state index in [-0.39, 0.29) is 51.0 Å². The van der Waals surface area contributed by atoms with E-state index < -0.39 is 16.7 Å². The predicted octanol–water partition coefficient (Wildman–Crippen LogP) is 8.47. The zero-order valence-electron chi connectivity index (χ0n) is 30.4. The number of carbonyl (C=O) groups excluding carboxylic acids is 2. The molecule has 4 fully saturated rings. The zero-order valence-corrected chi connectivity index (χ0v) is 30.4. The number of H-pyrrole nitrogens is 1. The Hall–Kier alpha value is -2.44. The third-order valence-electron chi connectivity index (χ3n) is 15.3. The number of hydrogen-bond acceptors (Lipinski definition) is 5. The normalized spacial score (nSPS) is 40.1. The van der Waals surface area contributed by atoms with E-state index in [0.717, 1.165) is 83.5 Å². The van der Waals surface area contributed by atoms with Gasteiger partial charge in [0, 0.05) is 24.1 Å². The van der Waals surface area contributed by atoms with Crippen molar-refractivity contribution in [3.63, 3.8) is 0 Å². The van der Waals surface area contributed by atoms with Crippen LogP contribution in [0.3, 0.4) is 0 Å². The summed E-state index contributed by atoms with van der Waals surface area (Å²) >= 11 is 0. The summed E-state index contributed by atoms with van der Waals surface area (Å²) < 4.78 is 7.44. The van der Waals surface area contributed by atoms with Gasteiger partial charge in [-0.3, -0.25) is 19.4 Å². The molecule has 1 aromatic rings. The molecule has 0 amide bonds. The van der Waals surface area contributed by atoms with Gasteiger partial charge in [0.25, 0.3) is 5.56 Å². The quantitative estimate of drug-likeness (QED) is 0.190. The second-order valence-corrected chi connectivity index (χ2v) is 18.5. The van der Waals surface area contributed by atoms with Crippen LogP contribution in [0, 0.1) is 50.2 Å². The molecule has 7 heteroatoms. The maximum atomic E-state index is 14.5. The van der Waals surface area contributed by atoms with Crippen LogP contribution in [0.5, 0.6) is 0 Å². The first-order valence-corrected chi connectivity index (χ1v) is 18.7. The minimum Gasteiger partial charge on any atom is -0.462 e. The van der Waals surface area contributed by atoms with Crippen molar-refractivity contribution in [1.29, 1.82) is 0 Å². The highest BCUT2D eigenvalue weighted by molar-refractivity contribution is 5.86. The van der Waals surface area contributed by atoms with Crippen LogP contribution in [0.4, 0.5) is 0 Å². The van der Waals surface area contributed by atoms with E-state index >= 15 is 0 Å². The van der Waals surface area contributed by atoms with Gasteiger partial charge >= 0.3 is 11.7 Å². The van der Waals surface area contributed by atoms with E-state index in [1.165, 1.54) is 22.4 Å². The van der Waals surface area contributed by atoms with Crippen LogP contribution in [-0.4, -0.2) is 27.5 Å². The smallest absolute Gasteiger partial charge is 0.335 e. The van der Waals surface area contributed by atoms with E-state index in [1.54, 1.807) is 0 Å². The third kappa shape index (κ3) is 5.18. The fourth-order valence-corrected chi connectivity index (χ4v) is 12.4. The third-order valence-corrected chi connectivity index (χ3v) is 15.3. The Bertz CT molecular complexity index is 1570. The number of rotatable bonds is 6. The summed E-state index contributed by atoms with van der Waals surface area (Å²) in [5.74, 6) is 0.870. The lowest BCUT2D eigenvalue weighted by molar-refractivity contribution is -0.212. The van der Waals surface area contributed by atoms with Crippen LogP contribution in [0.15, 0.2) is 33.5 Å². The average molecular weight is 649 g/mol. The van der Waals surface area contributed by atoms with Crippen molar-refractivity contribution < 1.29 is 14.3 Å². The minimum atomic E-state index is -0.645. The van der Waals surface area contributed by atoms with E-state index in [0.29, 0.717) is 18.3 Å². The largest absolute Gasteiger partial charge is 0.462 e. The molecule has 0 radical (unpaired) electrons. The Morgan fingerprint density at radius 3 is 2.34 bits per heavy atom. The van der Waals surface area contributed by atoms with Crippen LogP contribution in [0.1, 0.15) is 150 Å². The number of fused-ring (bicyclic) bond motifs is 7. The van der Waals surface area contributed by atoms with Gasteiger partial charge in [-0.1, -0.05) is 79.9 Å². The van der Waals surface area contributed by atoms with E-state index in [1.807, 2.05) is 0 Å². The van der Waals surface area contributed by atoms with E-state index in [2.05, 4.69) is 66.4 Å². The van der Waals surface area contributed by atoms with E-state index in [9.17, 15) is 19.2 Å². The highest BCUT2D eigenvalue weighted by Crippen LogP contribution is 2.76. The van der Waals surface area contributed by atoms with Gasteiger partial charge in [-0.2, -0.15) is 0 Å².